The Bertz CT molecular complexity index is 736. The second kappa shape index (κ2) is 8.28. The summed E-state index contributed by atoms with van der Waals surface area (Å²) in [6.07, 6.45) is 8.17. The predicted molar refractivity (Wildman–Crippen MR) is 111 cm³/mol. The molecule has 3 heterocycles. The first-order chi connectivity index (χ1) is 14.0. The van der Waals surface area contributed by atoms with Crippen molar-refractivity contribution in [1.29, 1.82) is 0 Å². The molecule has 1 aromatic rings. The van der Waals surface area contributed by atoms with E-state index in [2.05, 4.69) is 34.0 Å². The van der Waals surface area contributed by atoms with E-state index in [4.69, 9.17) is 0 Å². The number of likely N-dealkylation sites (tertiary alicyclic amines) is 1. The largest absolute Gasteiger partial charge is 0.355 e. The monoisotopic (exact) mass is 399 g/mol. The summed E-state index contributed by atoms with van der Waals surface area (Å²) in [5.41, 5.74) is -0.471. The lowest BCUT2D eigenvalue weighted by atomic mass is 9.74. The molecule has 4 rings (SSSR count). The maximum absolute atomic E-state index is 13.4. The Labute approximate surface area is 173 Å². The summed E-state index contributed by atoms with van der Waals surface area (Å²) in [6, 6.07) is 1.81. The van der Waals surface area contributed by atoms with E-state index >= 15 is 0 Å². The Hall–Kier alpha value is -2.18. The third-order valence-electron chi connectivity index (χ3n) is 6.66. The zero-order chi connectivity index (χ0) is 20.4. The molecule has 0 bridgehead atoms. The molecule has 29 heavy (non-hydrogen) atoms. The summed E-state index contributed by atoms with van der Waals surface area (Å²) in [5, 5.41) is 3.24. The molecule has 0 radical (unpaired) electrons. The van der Waals surface area contributed by atoms with Gasteiger partial charge >= 0.3 is 0 Å². The highest BCUT2D eigenvalue weighted by molar-refractivity contribution is 5.85. The van der Waals surface area contributed by atoms with E-state index in [1.54, 1.807) is 12.4 Å². The molecule has 2 saturated heterocycles. The molecule has 2 aliphatic heterocycles. The Balaban J connectivity index is 1.56. The van der Waals surface area contributed by atoms with Crippen molar-refractivity contribution in [2.24, 2.45) is 23.2 Å². The lowest BCUT2D eigenvalue weighted by Gasteiger charge is -2.32. The molecular weight excluding hydrogens is 366 g/mol. The molecule has 1 N–H and O–H groups in total. The van der Waals surface area contributed by atoms with Crippen LogP contribution in [0.15, 0.2) is 18.5 Å². The molecule has 3 aliphatic rings. The first kappa shape index (κ1) is 20.1. The maximum Gasteiger partial charge on any atom is 0.228 e. The Morgan fingerprint density at radius 1 is 1.24 bits per heavy atom. The van der Waals surface area contributed by atoms with Gasteiger partial charge in [-0.25, -0.2) is 9.97 Å². The van der Waals surface area contributed by atoms with Crippen molar-refractivity contribution in [3.05, 3.63) is 18.5 Å². The normalized spacial score (nSPS) is 26.9. The second-order valence-electron chi connectivity index (χ2n) is 9.48. The number of hydrogen-bond acceptors (Lipinski definition) is 5. The van der Waals surface area contributed by atoms with Gasteiger partial charge in [-0.3, -0.25) is 9.59 Å². The number of hydrogen-bond donors (Lipinski definition) is 1. The third-order valence-corrected chi connectivity index (χ3v) is 6.66. The molecule has 2 atom stereocenters. The van der Waals surface area contributed by atoms with Gasteiger partial charge in [0, 0.05) is 57.5 Å². The average molecular weight is 400 g/mol. The van der Waals surface area contributed by atoms with E-state index in [0.717, 1.165) is 25.9 Å². The van der Waals surface area contributed by atoms with Gasteiger partial charge in [-0.1, -0.05) is 13.8 Å². The van der Waals surface area contributed by atoms with Gasteiger partial charge in [0.25, 0.3) is 0 Å². The average Bonchev–Trinajstić information content (AvgIpc) is 3.49. The molecule has 1 aromatic heterocycles. The van der Waals surface area contributed by atoms with Gasteiger partial charge < -0.3 is 15.1 Å². The van der Waals surface area contributed by atoms with Crippen molar-refractivity contribution < 1.29 is 9.59 Å². The molecule has 0 spiro atoms. The SMILES string of the molecule is CC(C)CC(=O)N1CCC[C@]2(C(=O)NCC3CC3)CN(c3ncccn3)C[C@@H]2C1. The van der Waals surface area contributed by atoms with Crippen LogP contribution in [0.4, 0.5) is 5.95 Å². The highest BCUT2D eigenvalue weighted by atomic mass is 16.2. The number of amides is 2. The number of nitrogens with zero attached hydrogens (tertiary/aromatic N) is 4. The predicted octanol–water partition coefficient (Wildman–Crippen LogP) is 2.09. The van der Waals surface area contributed by atoms with Crippen molar-refractivity contribution in [2.75, 3.05) is 37.6 Å². The van der Waals surface area contributed by atoms with Gasteiger partial charge in [-0.05, 0) is 43.6 Å². The smallest absolute Gasteiger partial charge is 0.228 e. The molecule has 7 heteroatoms. The lowest BCUT2D eigenvalue weighted by molar-refractivity contribution is -0.135. The van der Waals surface area contributed by atoms with Crippen LogP contribution in [-0.4, -0.2) is 59.4 Å². The van der Waals surface area contributed by atoms with E-state index in [-0.39, 0.29) is 17.7 Å². The van der Waals surface area contributed by atoms with Crippen molar-refractivity contribution >= 4 is 17.8 Å². The highest BCUT2D eigenvalue weighted by Gasteiger charge is 2.54. The maximum atomic E-state index is 13.4. The van der Waals surface area contributed by atoms with E-state index in [1.165, 1.54) is 12.8 Å². The van der Waals surface area contributed by atoms with Crippen molar-refractivity contribution in [3.8, 4) is 0 Å². The van der Waals surface area contributed by atoms with Gasteiger partial charge in [0.15, 0.2) is 0 Å². The Morgan fingerprint density at radius 3 is 2.69 bits per heavy atom. The second-order valence-corrected chi connectivity index (χ2v) is 9.48. The van der Waals surface area contributed by atoms with Crippen molar-refractivity contribution in [3.63, 3.8) is 0 Å². The number of carbonyl (C=O) groups excluding carboxylic acids is 2. The zero-order valence-electron chi connectivity index (χ0n) is 17.6. The van der Waals surface area contributed by atoms with Gasteiger partial charge in [-0.15, -0.1) is 0 Å². The number of anilines is 1. The minimum atomic E-state index is -0.471. The molecule has 0 aromatic carbocycles. The summed E-state index contributed by atoms with van der Waals surface area (Å²) in [7, 11) is 0. The Kier molecular flexibility index (Phi) is 5.74. The molecule has 2 amide bonds. The molecule has 7 nitrogen and oxygen atoms in total. The minimum absolute atomic E-state index is 0.101. The van der Waals surface area contributed by atoms with Gasteiger partial charge in [0.05, 0.1) is 5.41 Å². The fraction of sp³-hybridized carbons (Fsp3) is 0.727. The van der Waals surface area contributed by atoms with Gasteiger partial charge in [0.1, 0.15) is 0 Å². The molecule has 0 unspecified atom stereocenters. The van der Waals surface area contributed by atoms with E-state index < -0.39 is 5.41 Å². The molecule has 158 valence electrons. The summed E-state index contributed by atoms with van der Waals surface area (Å²) in [4.78, 5) is 39.2. The van der Waals surface area contributed by atoms with E-state index in [0.29, 0.717) is 43.8 Å². The van der Waals surface area contributed by atoms with Crippen LogP contribution >= 0.6 is 0 Å². The molecular formula is C22H33N5O2. The van der Waals surface area contributed by atoms with Crippen molar-refractivity contribution in [1.82, 2.24) is 20.2 Å². The number of rotatable bonds is 6. The fourth-order valence-electron chi connectivity index (χ4n) is 4.85. The van der Waals surface area contributed by atoms with Gasteiger partial charge in [0.2, 0.25) is 17.8 Å². The summed E-state index contributed by atoms with van der Waals surface area (Å²) in [5.74, 6) is 2.14. The van der Waals surface area contributed by atoms with Crippen LogP contribution in [0.3, 0.4) is 0 Å². The summed E-state index contributed by atoms with van der Waals surface area (Å²) in [6.45, 7) is 7.68. The van der Waals surface area contributed by atoms with Crippen LogP contribution in [0.25, 0.3) is 0 Å². The summed E-state index contributed by atoms with van der Waals surface area (Å²) >= 11 is 0. The number of nitrogens with one attached hydrogen (secondary N) is 1. The topological polar surface area (TPSA) is 78.4 Å². The van der Waals surface area contributed by atoms with Crippen LogP contribution in [-0.2, 0) is 9.59 Å². The van der Waals surface area contributed by atoms with Crippen LogP contribution in [0.5, 0.6) is 0 Å². The summed E-state index contributed by atoms with van der Waals surface area (Å²) < 4.78 is 0. The number of carbonyl (C=O) groups is 2. The Morgan fingerprint density at radius 2 is 2.00 bits per heavy atom. The van der Waals surface area contributed by atoms with Gasteiger partial charge in [-0.2, -0.15) is 0 Å². The first-order valence-electron chi connectivity index (χ1n) is 11.1. The lowest BCUT2D eigenvalue weighted by Crippen LogP contribution is -2.48. The van der Waals surface area contributed by atoms with E-state index in [9.17, 15) is 9.59 Å². The molecule has 1 saturated carbocycles. The van der Waals surface area contributed by atoms with Crippen LogP contribution in [0.2, 0.25) is 0 Å². The minimum Gasteiger partial charge on any atom is -0.355 e. The highest BCUT2D eigenvalue weighted by Crippen LogP contribution is 2.44. The zero-order valence-corrected chi connectivity index (χ0v) is 17.6. The van der Waals surface area contributed by atoms with Crippen LogP contribution in [0, 0.1) is 23.2 Å². The standard InChI is InChI=1S/C22H33N5O2/c1-16(2)11-19(28)26-10-3-7-22(20(29)25-12-17-5-6-17)15-27(14-18(22)13-26)21-23-8-4-9-24-21/h4,8-9,16-18H,3,5-7,10-15H2,1-2H3,(H,25,29)/t18-,22-/m0/s1. The fourth-order valence-corrected chi connectivity index (χ4v) is 4.85. The quantitative estimate of drug-likeness (QED) is 0.793. The van der Waals surface area contributed by atoms with Crippen LogP contribution in [0.1, 0.15) is 46.0 Å². The van der Waals surface area contributed by atoms with Crippen LogP contribution < -0.4 is 10.2 Å². The molecule has 1 aliphatic carbocycles. The first-order valence-corrected chi connectivity index (χ1v) is 11.1. The number of fused-ring (bicyclic) bond motifs is 1. The third kappa shape index (κ3) is 4.38. The van der Waals surface area contributed by atoms with E-state index in [1.807, 2.05) is 11.0 Å². The molecule has 3 fully saturated rings. The number of aromatic nitrogens is 2. The van der Waals surface area contributed by atoms with Crippen molar-refractivity contribution in [2.45, 2.75) is 46.0 Å².